The van der Waals surface area contributed by atoms with Crippen LogP contribution >= 0.6 is 0 Å². The number of amidine groups is 1. The second kappa shape index (κ2) is 10.2. The number of allylic oxidation sites excluding steroid dienone is 1. The molecule has 6 rings (SSSR count). The van der Waals surface area contributed by atoms with Crippen LogP contribution in [-0.2, 0) is 6.54 Å². The van der Waals surface area contributed by atoms with Gasteiger partial charge in [-0.15, -0.1) is 0 Å². The highest BCUT2D eigenvalue weighted by molar-refractivity contribution is 6.15. The number of nitrogens with one attached hydrogen (secondary N) is 4. The van der Waals surface area contributed by atoms with Crippen molar-refractivity contribution in [1.29, 1.82) is 5.41 Å². The first-order valence-electron chi connectivity index (χ1n) is 13.2. The first-order chi connectivity index (χ1) is 19.8. The van der Waals surface area contributed by atoms with Crippen LogP contribution in [0.4, 0.5) is 17.5 Å². The highest BCUT2D eigenvalue weighted by Crippen LogP contribution is 2.40. The fourth-order valence-electron chi connectivity index (χ4n) is 5.19. The number of nitrogens with zero attached hydrogens (tertiary/aromatic N) is 4. The van der Waals surface area contributed by atoms with Gasteiger partial charge in [0.25, 0.3) is 5.91 Å². The van der Waals surface area contributed by atoms with E-state index in [4.69, 9.17) is 16.1 Å². The van der Waals surface area contributed by atoms with Crippen LogP contribution in [0.15, 0.2) is 78.9 Å². The van der Waals surface area contributed by atoms with Crippen molar-refractivity contribution in [1.82, 2.24) is 25.3 Å². The molecule has 204 valence electrons. The van der Waals surface area contributed by atoms with Gasteiger partial charge in [0.05, 0.1) is 23.4 Å². The summed E-state index contributed by atoms with van der Waals surface area (Å²) in [6, 6.07) is 15.4. The van der Waals surface area contributed by atoms with Crippen LogP contribution in [0.5, 0.6) is 0 Å². The van der Waals surface area contributed by atoms with E-state index in [9.17, 15) is 4.79 Å². The number of H-pyrrole nitrogens is 1. The number of para-hydroxylation sites is 1. The van der Waals surface area contributed by atoms with Crippen LogP contribution in [0.1, 0.15) is 28.4 Å². The number of fused-ring (bicyclic) bond motifs is 2. The molecule has 0 bridgehead atoms. The zero-order chi connectivity index (χ0) is 28.7. The van der Waals surface area contributed by atoms with Gasteiger partial charge in [-0.3, -0.25) is 10.2 Å². The Hall–Kier alpha value is -5.51. The molecule has 0 unspecified atom stereocenters. The van der Waals surface area contributed by atoms with Gasteiger partial charge in [0.1, 0.15) is 11.7 Å². The van der Waals surface area contributed by atoms with E-state index in [0.717, 1.165) is 55.8 Å². The topological polar surface area (TPSA) is 149 Å². The SMILES string of the molecule is CN/C(C)=C\C(=N)Nc1ncc(C)c(-c2c[nH]c3c(N4Cc5c(cccc5-c5ccnc(N)c5)C4=O)cccc23)n1. The smallest absolute Gasteiger partial charge is 0.259 e. The maximum Gasteiger partial charge on any atom is 0.259 e. The van der Waals surface area contributed by atoms with Gasteiger partial charge < -0.3 is 26.3 Å². The third-order valence-electron chi connectivity index (χ3n) is 7.27. The Morgan fingerprint density at radius 3 is 2.73 bits per heavy atom. The van der Waals surface area contributed by atoms with Crippen molar-refractivity contribution >= 4 is 40.1 Å². The van der Waals surface area contributed by atoms with Gasteiger partial charge in [0.15, 0.2) is 0 Å². The van der Waals surface area contributed by atoms with Crippen LogP contribution in [0.3, 0.4) is 0 Å². The highest BCUT2D eigenvalue weighted by Gasteiger charge is 2.32. The van der Waals surface area contributed by atoms with Crippen LogP contribution in [0, 0.1) is 12.3 Å². The number of aromatic nitrogens is 4. The number of hydrogen-bond acceptors (Lipinski definition) is 7. The molecule has 0 saturated carbocycles. The summed E-state index contributed by atoms with van der Waals surface area (Å²) < 4.78 is 0. The first-order valence-corrected chi connectivity index (χ1v) is 13.2. The third-order valence-corrected chi connectivity index (χ3v) is 7.27. The Labute approximate surface area is 236 Å². The van der Waals surface area contributed by atoms with E-state index in [1.54, 1.807) is 30.4 Å². The minimum Gasteiger partial charge on any atom is -0.392 e. The summed E-state index contributed by atoms with van der Waals surface area (Å²) in [7, 11) is 1.80. The molecule has 0 spiro atoms. The van der Waals surface area contributed by atoms with Crippen molar-refractivity contribution < 1.29 is 4.79 Å². The van der Waals surface area contributed by atoms with Gasteiger partial charge >= 0.3 is 0 Å². The Bertz CT molecular complexity index is 1870. The fraction of sp³-hybridized carbons (Fsp3) is 0.129. The summed E-state index contributed by atoms with van der Waals surface area (Å²) >= 11 is 0. The second-order valence-electron chi connectivity index (χ2n) is 9.94. The number of aromatic amines is 1. The number of benzene rings is 2. The number of aryl methyl sites for hydroxylation is 1. The number of carbonyl (C=O) groups is 1. The van der Waals surface area contributed by atoms with Crippen LogP contribution < -0.4 is 21.3 Å². The van der Waals surface area contributed by atoms with Crippen molar-refractivity contribution in [2.24, 2.45) is 0 Å². The summed E-state index contributed by atoms with van der Waals surface area (Å²) in [5.41, 5.74) is 14.5. The van der Waals surface area contributed by atoms with E-state index in [1.807, 2.05) is 68.6 Å². The summed E-state index contributed by atoms with van der Waals surface area (Å²) in [6.07, 6.45) is 6.99. The molecule has 41 heavy (non-hydrogen) atoms. The average molecular weight is 544 g/mol. The molecule has 0 atom stereocenters. The average Bonchev–Trinajstić information content (AvgIpc) is 3.55. The van der Waals surface area contributed by atoms with Crippen molar-refractivity contribution in [3.05, 3.63) is 95.6 Å². The molecule has 1 aliphatic rings. The largest absolute Gasteiger partial charge is 0.392 e. The third kappa shape index (κ3) is 4.65. The van der Waals surface area contributed by atoms with E-state index >= 15 is 0 Å². The van der Waals surface area contributed by atoms with Crippen molar-refractivity contribution in [3.63, 3.8) is 0 Å². The van der Waals surface area contributed by atoms with Gasteiger partial charge in [-0.1, -0.05) is 24.3 Å². The predicted octanol–water partition coefficient (Wildman–Crippen LogP) is 5.25. The molecule has 1 amide bonds. The monoisotopic (exact) mass is 543 g/mol. The van der Waals surface area contributed by atoms with Crippen molar-refractivity contribution in [2.75, 3.05) is 23.0 Å². The Morgan fingerprint density at radius 1 is 1.12 bits per heavy atom. The molecular weight excluding hydrogens is 514 g/mol. The molecule has 10 heteroatoms. The lowest BCUT2D eigenvalue weighted by molar-refractivity contribution is 0.0997. The van der Waals surface area contributed by atoms with E-state index in [2.05, 4.69) is 25.6 Å². The number of amides is 1. The number of pyridine rings is 1. The predicted molar refractivity (Wildman–Crippen MR) is 163 cm³/mol. The zero-order valence-electron chi connectivity index (χ0n) is 22.9. The molecule has 0 fully saturated rings. The molecular formula is C31H29N9O. The van der Waals surface area contributed by atoms with Crippen LogP contribution in [-0.4, -0.2) is 38.7 Å². The molecule has 5 aromatic rings. The van der Waals surface area contributed by atoms with E-state index < -0.39 is 0 Å². The number of carbonyl (C=O) groups excluding carboxylic acids is 1. The van der Waals surface area contributed by atoms with Crippen molar-refractivity contribution in [2.45, 2.75) is 20.4 Å². The van der Waals surface area contributed by atoms with Gasteiger partial charge in [-0.05, 0) is 66.4 Å². The maximum atomic E-state index is 13.7. The Morgan fingerprint density at radius 2 is 1.93 bits per heavy atom. The zero-order valence-corrected chi connectivity index (χ0v) is 22.9. The molecule has 3 aromatic heterocycles. The number of nitrogens with two attached hydrogens (primary N) is 1. The molecule has 6 N–H and O–H groups in total. The van der Waals surface area contributed by atoms with Crippen molar-refractivity contribution in [3.8, 4) is 22.4 Å². The number of nitrogen functional groups attached to an aromatic ring is 1. The summed E-state index contributed by atoms with van der Waals surface area (Å²) in [4.78, 5) is 32.1. The van der Waals surface area contributed by atoms with Crippen LogP contribution in [0.2, 0.25) is 0 Å². The highest BCUT2D eigenvalue weighted by atomic mass is 16.2. The molecule has 4 heterocycles. The Kier molecular flexibility index (Phi) is 6.43. The lowest BCUT2D eigenvalue weighted by Crippen LogP contribution is -2.23. The number of rotatable bonds is 6. The minimum absolute atomic E-state index is 0.0549. The summed E-state index contributed by atoms with van der Waals surface area (Å²) in [5, 5.41) is 15.1. The summed E-state index contributed by atoms with van der Waals surface area (Å²) in [5.74, 6) is 0.884. The lowest BCUT2D eigenvalue weighted by atomic mass is 9.97. The number of anilines is 3. The first kappa shape index (κ1) is 25.8. The van der Waals surface area contributed by atoms with E-state index in [-0.39, 0.29) is 11.7 Å². The summed E-state index contributed by atoms with van der Waals surface area (Å²) in [6.45, 7) is 4.26. The fourth-order valence-corrected chi connectivity index (χ4v) is 5.19. The molecule has 2 aromatic carbocycles. The molecule has 0 saturated heterocycles. The molecule has 0 aliphatic carbocycles. The second-order valence-corrected chi connectivity index (χ2v) is 9.94. The minimum atomic E-state index is -0.0549. The lowest BCUT2D eigenvalue weighted by Gasteiger charge is -2.17. The van der Waals surface area contributed by atoms with E-state index in [0.29, 0.717) is 23.9 Å². The van der Waals surface area contributed by atoms with Gasteiger partial charge in [-0.2, -0.15) is 0 Å². The molecule has 0 radical (unpaired) electrons. The van der Waals surface area contributed by atoms with E-state index in [1.165, 1.54) is 0 Å². The van der Waals surface area contributed by atoms with Gasteiger partial charge in [-0.25, -0.2) is 15.0 Å². The normalized spacial score (nSPS) is 13.0. The van der Waals surface area contributed by atoms with Gasteiger partial charge in [0, 0.05) is 47.8 Å². The van der Waals surface area contributed by atoms with Gasteiger partial charge in [0.2, 0.25) is 5.95 Å². The standard InChI is InChI=1S/C31H29N9O/c1-17-14-37-31(38-27(33)12-18(2)34-3)39-28(17)23-15-36-29-21(23)7-5-9-25(29)40-16-24-20(6-4-8-22(24)30(40)41)19-10-11-35-26(32)13-19/h4-15,34,36H,16H2,1-3H3,(H2,32,35)(H2,33,37,38,39)/b18-12-. The Balaban J connectivity index is 1.37. The number of hydrogen-bond donors (Lipinski definition) is 5. The molecule has 10 nitrogen and oxygen atoms in total. The quantitative estimate of drug-likeness (QED) is 0.145. The molecule has 1 aliphatic heterocycles. The van der Waals surface area contributed by atoms with Crippen LogP contribution in [0.25, 0.3) is 33.3 Å². The maximum absolute atomic E-state index is 13.7.